The molecule has 4 fully saturated rings. The number of carbonyl (C=O) groups excluding carboxylic acids is 1. The summed E-state index contributed by atoms with van der Waals surface area (Å²) >= 11 is 0. The number of hydrogen-bond acceptors (Lipinski definition) is 3. The molecule has 4 heterocycles. The van der Waals surface area contributed by atoms with Crippen LogP contribution in [0.2, 0.25) is 0 Å². The summed E-state index contributed by atoms with van der Waals surface area (Å²) in [6, 6.07) is 1.73. The van der Waals surface area contributed by atoms with E-state index in [1.165, 1.54) is 12.8 Å². The van der Waals surface area contributed by atoms with Crippen LogP contribution in [0, 0.1) is 0 Å². The van der Waals surface area contributed by atoms with Gasteiger partial charge in [0, 0.05) is 37.8 Å². The number of hydrogen-bond donors (Lipinski definition) is 1. The summed E-state index contributed by atoms with van der Waals surface area (Å²) in [5.74, 6) is 0. The van der Waals surface area contributed by atoms with E-state index in [4.69, 9.17) is 4.74 Å². The molecule has 5 nitrogen and oxygen atoms in total. The molecule has 0 radical (unpaired) electrons. The Labute approximate surface area is 133 Å². The highest BCUT2D eigenvalue weighted by molar-refractivity contribution is 5.78. The maximum atomic E-state index is 13.0. The lowest BCUT2D eigenvalue weighted by molar-refractivity contribution is 0.0787. The Morgan fingerprint density at radius 2 is 2.00 bits per heavy atom. The Bertz CT molecular complexity index is 435. The van der Waals surface area contributed by atoms with Crippen molar-refractivity contribution in [2.24, 2.45) is 0 Å². The number of amides is 2. The van der Waals surface area contributed by atoms with Gasteiger partial charge in [0.2, 0.25) is 0 Å². The van der Waals surface area contributed by atoms with Gasteiger partial charge >= 0.3 is 6.03 Å². The SMILES string of the molecule is CC(C)N1C(=O)N(C[C@@H]2CCCO2)CC12CC1CCC(C2)N1. The first-order valence-electron chi connectivity index (χ1n) is 9.03. The third kappa shape index (κ3) is 2.33. The zero-order chi connectivity index (χ0) is 15.3. The van der Waals surface area contributed by atoms with Crippen LogP contribution in [-0.2, 0) is 4.74 Å². The van der Waals surface area contributed by atoms with E-state index in [0.717, 1.165) is 45.4 Å². The highest BCUT2D eigenvalue weighted by Gasteiger charge is 2.55. The zero-order valence-corrected chi connectivity index (χ0v) is 13.9. The van der Waals surface area contributed by atoms with Crippen molar-refractivity contribution in [2.45, 2.75) is 82.1 Å². The van der Waals surface area contributed by atoms with E-state index in [-0.39, 0.29) is 23.7 Å². The fourth-order valence-corrected chi connectivity index (χ4v) is 5.35. The summed E-state index contributed by atoms with van der Waals surface area (Å²) < 4.78 is 5.76. The average Bonchev–Trinajstić information content (AvgIpc) is 3.12. The number of nitrogens with zero attached hydrogens (tertiary/aromatic N) is 2. The van der Waals surface area contributed by atoms with Crippen molar-refractivity contribution < 1.29 is 9.53 Å². The number of piperidine rings is 1. The van der Waals surface area contributed by atoms with Gasteiger partial charge in [0.15, 0.2) is 0 Å². The maximum absolute atomic E-state index is 13.0. The number of carbonyl (C=O) groups is 1. The molecule has 3 atom stereocenters. The molecule has 0 aromatic carbocycles. The Balaban J connectivity index is 1.56. The summed E-state index contributed by atoms with van der Waals surface area (Å²) in [5.41, 5.74) is 0.0565. The van der Waals surface area contributed by atoms with Crippen molar-refractivity contribution >= 4 is 6.03 Å². The second kappa shape index (κ2) is 5.38. The van der Waals surface area contributed by atoms with Crippen LogP contribution in [0.3, 0.4) is 0 Å². The predicted molar refractivity (Wildman–Crippen MR) is 84.8 cm³/mol. The second-order valence-corrected chi connectivity index (χ2v) is 8.03. The Morgan fingerprint density at radius 3 is 2.59 bits per heavy atom. The van der Waals surface area contributed by atoms with Gasteiger partial charge in [-0.1, -0.05) is 0 Å². The van der Waals surface area contributed by atoms with E-state index in [1.807, 2.05) is 0 Å². The smallest absolute Gasteiger partial charge is 0.320 e. The molecule has 0 aliphatic carbocycles. The standard InChI is InChI=1S/C17H29N3O2/c1-12(2)20-16(21)19(10-15-4-3-7-22-15)11-17(20)8-13-5-6-14(9-17)18-13/h12-15,18H,3-11H2,1-2H3/t13?,14?,15-,17?/m0/s1. The molecule has 1 N–H and O–H groups in total. The van der Waals surface area contributed by atoms with E-state index in [0.29, 0.717) is 12.1 Å². The number of urea groups is 1. The Morgan fingerprint density at radius 1 is 1.27 bits per heavy atom. The highest BCUT2D eigenvalue weighted by atomic mass is 16.5. The fourth-order valence-electron chi connectivity index (χ4n) is 5.35. The van der Waals surface area contributed by atoms with Gasteiger partial charge in [0.05, 0.1) is 11.6 Å². The topological polar surface area (TPSA) is 44.8 Å². The van der Waals surface area contributed by atoms with Gasteiger partial charge in [-0.2, -0.15) is 0 Å². The minimum Gasteiger partial charge on any atom is -0.376 e. The molecule has 1 spiro atoms. The van der Waals surface area contributed by atoms with Crippen LogP contribution in [0.15, 0.2) is 0 Å². The molecule has 4 saturated heterocycles. The van der Waals surface area contributed by atoms with Crippen LogP contribution in [-0.4, -0.2) is 65.3 Å². The first-order valence-corrected chi connectivity index (χ1v) is 9.03. The first kappa shape index (κ1) is 14.8. The Kier molecular flexibility index (Phi) is 3.61. The van der Waals surface area contributed by atoms with Crippen LogP contribution in [0.4, 0.5) is 4.79 Å². The molecule has 22 heavy (non-hydrogen) atoms. The number of ether oxygens (including phenoxy) is 1. The predicted octanol–water partition coefficient (Wildman–Crippen LogP) is 1.96. The molecular formula is C17H29N3O2. The van der Waals surface area contributed by atoms with E-state index < -0.39 is 0 Å². The minimum absolute atomic E-state index is 0.0565. The monoisotopic (exact) mass is 307 g/mol. The van der Waals surface area contributed by atoms with Gasteiger partial charge in [0.25, 0.3) is 0 Å². The molecule has 0 aromatic rings. The van der Waals surface area contributed by atoms with Crippen molar-refractivity contribution in [3.05, 3.63) is 0 Å². The second-order valence-electron chi connectivity index (χ2n) is 8.03. The van der Waals surface area contributed by atoms with Gasteiger partial charge in [-0.15, -0.1) is 0 Å². The van der Waals surface area contributed by atoms with E-state index in [2.05, 4.69) is 29.0 Å². The normalized spacial score (nSPS) is 41.4. The van der Waals surface area contributed by atoms with E-state index in [9.17, 15) is 4.79 Å². The molecular weight excluding hydrogens is 278 g/mol. The average molecular weight is 307 g/mol. The lowest BCUT2D eigenvalue weighted by Crippen LogP contribution is -2.59. The quantitative estimate of drug-likeness (QED) is 0.867. The molecule has 124 valence electrons. The summed E-state index contributed by atoms with van der Waals surface area (Å²) in [4.78, 5) is 17.3. The molecule has 0 saturated carbocycles. The van der Waals surface area contributed by atoms with Crippen molar-refractivity contribution in [1.29, 1.82) is 0 Å². The third-order valence-electron chi connectivity index (χ3n) is 6.02. The minimum atomic E-state index is 0.0565. The summed E-state index contributed by atoms with van der Waals surface area (Å²) in [7, 11) is 0. The van der Waals surface area contributed by atoms with Crippen LogP contribution in [0.1, 0.15) is 52.4 Å². The summed E-state index contributed by atoms with van der Waals surface area (Å²) in [5, 5.41) is 3.72. The fraction of sp³-hybridized carbons (Fsp3) is 0.941. The van der Waals surface area contributed by atoms with E-state index >= 15 is 0 Å². The first-order chi connectivity index (χ1) is 10.6. The van der Waals surface area contributed by atoms with Crippen LogP contribution >= 0.6 is 0 Å². The zero-order valence-electron chi connectivity index (χ0n) is 13.9. The molecule has 4 rings (SSSR count). The number of fused-ring (bicyclic) bond motifs is 2. The van der Waals surface area contributed by atoms with Crippen LogP contribution in [0.5, 0.6) is 0 Å². The number of rotatable bonds is 3. The van der Waals surface area contributed by atoms with Gasteiger partial charge in [-0.05, 0) is 52.4 Å². The van der Waals surface area contributed by atoms with Gasteiger partial charge in [-0.25, -0.2) is 4.79 Å². The van der Waals surface area contributed by atoms with Crippen molar-refractivity contribution in [1.82, 2.24) is 15.1 Å². The van der Waals surface area contributed by atoms with Crippen molar-refractivity contribution in [3.8, 4) is 0 Å². The van der Waals surface area contributed by atoms with Gasteiger partial charge < -0.3 is 19.9 Å². The maximum Gasteiger partial charge on any atom is 0.320 e. The Hall–Kier alpha value is -0.810. The van der Waals surface area contributed by atoms with Crippen molar-refractivity contribution in [3.63, 3.8) is 0 Å². The molecule has 4 aliphatic heterocycles. The molecule has 0 aromatic heterocycles. The lowest BCUT2D eigenvalue weighted by atomic mass is 9.82. The molecule has 4 aliphatic rings. The molecule has 2 unspecified atom stereocenters. The largest absolute Gasteiger partial charge is 0.376 e. The van der Waals surface area contributed by atoms with Crippen LogP contribution in [0.25, 0.3) is 0 Å². The lowest BCUT2D eigenvalue weighted by Gasteiger charge is -2.45. The molecule has 2 amide bonds. The molecule has 5 heteroatoms. The third-order valence-corrected chi connectivity index (χ3v) is 6.02. The highest BCUT2D eigenvalue weighted by Crippen LogP contribution is 2.43. The summed E-state index contributed by atoms with van der Waals surface area (Å²) in [6.07, 6.45) is 7.29. The van der Waals surface area contributed by atoms with Crippen molar-refractivity contribution in [2.75, 3.05) is 19.7 Å². The molecule has 2 bridgehead atoms. The number of nitrogens with one attached hydrogen (secondary N) is 1. The van der Waals surface area contributed by atoms with Crippen LogP contribution < -0.4 is 5.32 Å². The van der Waals surface area contributed by atoms with Gasteiger partial charge in [-0.3, -0.25) is 0 Å². The summed E-state index contributed by atoms with van der Waals surface area (Å²) in [6.45, 7) is 6.88. The van der Waals surface area contributed by atoms with E-state index in [1.54, 1.807) is 0 Å². The van der Waals surface area contributed by atoms with Gasteiger partial charge in [0.1, 0.15) is 0 Å².